The molecule has 3 aromatic carbocycles. The van der Waals surface area contributed by atoms with Crippen molar-refractivity contribution in [3.05, 3.63) is 96.1 Å². The van der Waals surface area contributed by atoms with Crippen LogP contribution >= 0.6 is 11.8 Å². The molecule has 0 saturated carbocycles. The number of hydrogen-bond acceptors (Lipinski definition) is 8. The van der Waals surface area contributed by atoms with Crippen LogP contribution in [0, 0.1) is 11.3 Å². The van der Waals surface area contributed by atoms with E-state index < -0.39 is 5.97 Å². The van der Waals surface area contributed by atoms with Crippen molar-refractivity contribution in [3.8, 4) is 34.2 Å². The zero-order valence-corrected chi connectivity index (χ0v) is 22.5. The quantitative estimate of drug-likeness (QED) is 0.136. The van der Waals surface area contributed by atoms with Crippen LogP contribution in [0.25, 0.3) is 22.4 Å². The van der Waals surface area contributed by atoms with Gasteiger partial charge < -0.3 is 14.8 Å². The fourth-order valence-electron chi connectivity index (χ4n) is 3.96. The van der Waals surface area contributed by atoms with Gasteiger partial charge >= 0.3 is 5.97 Å². The van der Waals surface area contributed by atoms with Crippen molar-refractivity contribution in [2.45, 2.75) is 11.9 Å². The molecule has 0 aliphatic rings. The molecule has 0 spiro atoms. The lowest BCUT2D eigenvalue weighted by Crippen LogP contribution is -2.18. The molecule has 4 aromatic rings. The largest absolute Gasteiger partial charge is 0.497 e. The van der Waals surface area contributed by atoms with E-state index in [0.717, 1.165) is 16.7 Å². The molecular weight excluding hydrogens is 510 g/mol. The minimum absolute atomic E-state index is 0.0459. The van der Waals surface area contributed by atoms with Crippen molar-refractivity contribution >= 4 is 29.2 Å². The number of nitriles is 1. The summed E-state index contributed by atoms with van der Waals surface area (Å²) in [5, 5.41) is 13.6. The van der Waals surface area contributed by atoms with E-state index in [1.807, 2.05) is 60.7 Å². The Bertz CT molecular complexity index is 1500. The Hall–Kier alpha value is -4.61. The Morgan fingerprint density at radius 2 is 1.69 bits per heavy atom. The molecule has 0 atom stereocenters. The van der Waals surface area contributed by atoms with E-state index in [-0.39, 0.29) is 24.7 Å². The number of ether oxygens (including phenoxy) is 2. The number of ketones is 1. The molecule has 0 aliphatic carbocycles. The van der Waals surface area contributed by atoms with Gasteiger partial charge in [-0.2, -0.15) is 5.26 Å². The number of rotatable bonds is 11. The van der Waals surface area contributed by atoms with Gasteiger partial charge in [-0.05, 0) is 42.8 Å². The zero-order chi connectivity index (χ0) is 27.6. The minimum atomic E-state index is -0.402. The maximum absolute atomic E-state index is 13.3. The van der Waals surface area contributed by atoms with Gasteiger partial charge in [-0.25, -0.2) is 4.98 Å². The van der Waals surface area contributed by atoms with E-state index in [2.05, 4.69) is 11.4 Å². The molecule has 39 heavy (non-hydrogen) atoms. The summed E-state index contributed by atoms with van der Waals surface area (Å²) in [6.07, 6.45) is 0. The number of esters is 1. The second-order valence-electron chi connectivity index (χ2n) is 8.36. The number of nitrogens with one attached hydrogen (secondary N) is 1. The normalized spacial score (nSPS) is 10.4. The highest BCUT2D eigenvalue weighted by Gasteiger charge is 2.19. The fourth-order valence-corrected chi connectivity index (χ4v) is 4.85. The highest BCUT2D eigenvalue weighted by Crippen LogP contribution is 2.35. The Morgan fingerprint density at radius 1 is 0.974 bits per heavy atom. The summed E-state index contributed by atoms with van der Waals surface area (Å²) in [5.74, 6) is 0.208. The van der Waals surface area contributed by atoms with Crippen LogP contribution in [0.5, 0.6) is 5.75 Å². The third-order valence-electron chi connectivity index (χ3n) is 5.86. The lowest BCUT2D eigenvalue weighted by atomic mass is 9.99. The molecule has 0 fully saturated rings. The van der Waals surface area contributed by atoms with Crippen LogP contribution < -0.4 is 10.1 Å². The van der Waals surface area contributed by atoms with Crippen molar-refractivity contribution in [3.63, 3.8) is 0 Å². The number of methoxy groups -OCH3 is 1. The Kier molecular flexibility index (Phi) is 9.33. The third kappa shape index (κ3) is 6.83. The fraction of sp³-hybridized carbons (Fsp3) is 0.161. The summed E-state index contributed by atoms with van der Waals surface area (Å²) >= 11 is 1.21. The SMILES string of the molecule is CCOC(=O)CNc1ccccc1C(=O)CSc1nc(-c2ccccc2)cc(-c2ccc(OC)cc2)c1C#N. The summed E-state index contributed by atoms with van der Waals surface area (Å²) in [6, 6.07) is 28.4. The smallest absolute Gasteiger partial charge is 0.325 e. The number of para-hydroxylation sites is 1. The molecule has 1 heterocycles. The van der Waals surface area contributed by atoms with Gasteiger partial charge in [0.25, 0.3) is 0 Å². The predicted molar refractivity (Wildman–Crippen MR) is 153 cm³/mol. The number of Topliss-reactive ketones (excluding diaryl/α,β-unsaturated/α-hetero) is 1. The monoisotopic (exact) mass is 537 g/mol. The average Bonchev–Trinajstić information content (AvgIpc) is 2.99. The van der Waals surface area contributed by atoms with Crippen LogP contribution in [0.2, 0.25) is 0 Å². The first-order chi connectivity index (χ1) is 19.0. The van der Waals surface area contributed by atoms with Gasteiger partial charge in [-0.15, -0.1) is 0 Å². The van der Waals surface area contributed by atoms with Crippen LogP contribution in [0.4, 0.5) is 5.69 Å². The number of carbonyl (C=O) groups is 2. The van der Waals surface area contributed by atoms with E-state index in [4.69, 9.17) is 14.5 Å². The summed E-state index contributed by atoms with van der Waals surface area (Å²) < 4.78 is 10.3. The number of nitrogens with zero attached hydrogens (tertiary/aromatic N) is 2. The highest BCUT2D eigenvalue weighted by atomic mass is 32.2. The second-order valence-corrected chi connectivity index (χ2v) is 9.32. The molecule has 0 aliphatic heterocycles. The molecule has 0 unspecified atom stereocenters. The van der Waals surface area contributed by atoms with Crippen LogP contribution in [-0.4, -0.2) is 42.8 Å². The summed E-state index contributed by atoms with van der Waals surface area (Å²) in [7, 11) is 1.60. The van der Waals surface area contributed by atoms with E-state index in [1.165, 1.54) is 11.8 Å². The maximum Gasteiger partial charge on any atom is 0.325 e. The van der Waals surface area contributed by atoms with Gasteiger partial charge in [-0.3, -0.25) is 9.59 Å². The summed E-state index contributed by atoms with van der Waals surface area (Å²) in [6.45, 7) is 1.98. The first-order valence-corrected chi connectivity index (χ1v) is 13.3. The van der Waals surface area contributed by atoms with Crippen molar-refractivity contribution in [2.24, 2.45) is 0 Å². The molecule has 196 valence electrons. The van der Waals surface area contributed by atoms with Crippen LogP contribution in [0.15, 0.2) is 90.0 Å². The first kappa shape index (κ1) is 27.4. The average molecular weight is 538 g/mol. The molecule has 1 aromatic heterocycles. The van der Waals surface area contributed by atoms with Crippen molar-refractivity contribution in [2.75, 3.05) is 31.3 Å². The van der Waals surface area contributed by atoms with Gasteiger partial charge in [0, 0.05) is 22.4 Å². The number of pyridine rings is 1. The van der Waals surface area contributed by atoms with Crippen molar-refractivity contribution in [1.29, 1.82) is 5.26 Å². The number of anilines is 1. The number of benzene rings is 3. The van der Waals surface area contributed by atoms with Gasteiger partial charge in [0.15, 0.2) is 5.78 Å². The number of carbonyl (C=O) groups excluding carboxylic acids is 2. The lowest BCUT2D eigenvalue weighted by molar-refractivity contribution is -0.140. The predicted octanol–water partition coefficient (Wildman–Crippen LogP) is 6.25. The molecule has 4 rings (SSSR count). The summed E-state index contributed by atoms with van der Waals surface area (Å²) in [5.41, 5.74) is 4.55. The van der Waals surface area contributed by atoms with Gasteiger partial charge in [0.2, 0.25) is 0 Å². The molecular formula is C31H27N3O4S. The first-order valence-electron chi connectivity index (χ1n) is 12.3. The second kappa shape index (κ2) is 13.3. The van der Waals surface area contributed by atoms with E-state index in [0.29, 0.717) is 33.3 Å². The van der Waals surface area contributed by atoms with Gasteiger partial charge in [0.1, 0.15) is 23.4 Å². The lowest BCUT2D eigenvalue weighted by Gasteiger charge is -2.14. The Balaban J connectivity index is 1.66. The van der Waals surface area contributed by atoms with Crippen LogP contribution in [0.3, 0.4) is 0 Å². The molecule has 1 N–H and O–H groups in total. The van der Waals surface area contributed by atoms with E-state index >= 15 is 0 Å². The van der Waals surface area contributed by atoms with Crippen molar-refractivity contribution < 1.29 is 19.1 Å². The van der Waals surface area contributed by atoms with Crippen LogP contribution in [-0.2, 0) is 9.53 Å². The Morgan fingerprint density at radius 3 is 2.38 bits per heavy atom. The Labute approximate surface area is 231 Å². The van der Waals surface area contributed by atoms with Gasteiger partial charge in [-0.1, -0.05) is 66.4 Å². The summed E-state index contributed by atoms with van der Waals surface area (Å²) in [4.78, 5) is 29.9. The molecule has 8 heteroatoms. The van der Waals surface area contributed by atoms with Crippen molar-refractivity contribution in [1.82, 2.24) is 4.98 Å². The molecule has 0 saturated heterocycles. The minimum Gasteiger partial charge on any atom is -0.497 e. The topological polar surface area (TPSA) is 101 Å². The number of thioether (sulfide) groups is 1. The van der Waals surface area contributed by atoms with E-state index in [1.54, 1.807) is 38.3 Å². The van der Waals surface area contributed by atoms with Gasteiger partial charge in [0.05, 0.1) is 30.7 Å². The maximum atomic E-state index is 13.3. The standard InChI is InChI=1S/C31H27N3O4S/c1-3-38-30(36)19-33-27-12-8-7-11-24(27)29(35)20-39-31-26(18-32)25(21-13-15-23(37-2)16-14-21)17-28(34-31)22-9-5-4-6-10-22/h4-17,33H,3,19-20H2,1-2H3. The third-order valence-corrected chi connectivity index (χ3v) is 6.84. The molecule has 0 bridgehead atoms. The molecule has 7 nitrogen and oxygen atoms in total. The highest BCUT2D eigenvalue weighted by molar-refractivity contribution is 8.00. The molecule has 0 amide bonds. The zero-order valence-electron chi connectivity index (χ0n) is 21.6. The van der Waals surface area contributed by atoms with Crippen LogP contribution in [0.1, 0.15) is 22.8 Å². The van der Waals surface area contributed by atoms with E-state index in [9.17, 15) is 14.9 Å². The molecule has 0 radical (unpaired) electrons. The number of hydrogen-bond donors (Lipinski definition) is 1. The number of aromatic nitrogens is 1.